The van der Waals surface area contributed by atoms with Crippen molar-refractivity contribution in [3.05, 3.63) is 0 Å². The summed E-state index contributed by atoms with van der Waals surface area (Å²) in [5.41, 5.74) is 0. The van der Waals surface area contributed by atoms with E-state index in [-0.39, 0.29) is 25.6 Å². The van der Waals surface area contributed by atoms with E-state index in [1.165, 1.54) is 0 Å². The van der Waals surface area contributed by atoms with Crippen molar-refractivity contribution in [2.45, 2.75) is 18.4 Å². The molecular formula is C6H12F2N2O. The van der Waals surface area contributed by atoms with E-state index in [1.807, 2.05) is 0 Å². The first kappa shape index (κ1) is 8.83. The lowest BCUT2D eigenvalue weighted by molar-refractivity contribution is 0.0128. The Morgan fingerprint density at radius 3 is 2.73 bits per heavy atom. The van der Waals surface area contributed by atoms with Gasteiger partial charge in [0.05, 0.1) is 13.2 Å². The zero-order chi connectivity index (χ0) is 8.48. The Labute approximate surface area is 64.1 Å². The van der Waals surface area contributed by atoms with E-state index in [0.29, 0.717) is 0 Å². The molecule has 0 aromatic carbocycles. The molecule has 0 saturated carbocycles. The van der Waals surface area contributed by atoms with E-state index in [4.69, 9.17) is 5.90 Å². The highest BCUT2D eigenvalue weighted by Gasteiger charge is 2.43. The second-order valence-electron chi connectivity index (χ2n) is 2.96. The smallest absolute Gasteiger partial charge is 0.262 e. The van der Waals surface area contributed by atoms with Gasteiger partial charge < -0.3 is 4.84 Å². The van der Waals surface area contributed by atoms with Gasteiger partial charge in [-0.3, -0.25) is 4.90 Å². The normalized spacial score (nSPS) is 31.1. The number of likely N-dealkylation sites (N-methyl/N-ethyl adjacent to an activating group) is 1. The van der Waals surface area contributed by atoms with Crippen molar-refractivity contribution in [3.63, 3.8) is 0 Å². The van der Waals surface area contributed by atoms with Crippen LogP contribution >= 0.6 is 0 Å². The van der Waals surface area contributed by atoms with Gasteiger partial charge in [-0.2, -0.15) is 0 Å². The quantitative estimate of drug-likeness (QED) is 0.596. The summed E-state index contributed by atoms with van der Waals surface area (Å²) in [6.45, 7) is -0.0207. The molecule has 66 valence electrons. The standard InChI is InChI=1S/C6H12F2N2O/c1-10-4-6(7,8)2-5(10)3-11-9/h5H,2-4,9H2,1H3/t5-/m0/s1. The molecule has 1 fully saturated rings. The largest absolute Gasteiger partial charge is 0.303 e. The van der Waals surface area contributed by atoms with Gasteiger partial charge in [-0.05, 0) is 7.05 Å². The van der Waals surface area contributed by atoms with Crippen LogP contribution in [-0.2, 0) is 4.84 Å². The molecule has 0 radical (unpaired) electrons. The predicted octanol–water partition coefficient (Wildman–Crippen LogP) is 0.216. The fraction of sp³-hybridized carbons (Fsp3) is 1.00. The Morgan fingerprint density at radius 2 is 2.36 bits per heavy atom. The molecule has 0 spiro atoms. The second-order valence-corrected chi connectivity index (χ2v) is 2.96. The van der Waals surface area contributed by atoms with Crippen molar-refractivity contribution >= 4 is 0 Å². The molecule has 5 heteroatoms. The third kappa shape index (κ3) is 2.08. The van der Waals surface area contributed by atoms with Crippen molar-refractivity contribution in [2.24, 2.45) is 5.90 Å². The number of nitrogens with zero attached hydrogens (tertiary/aromatic N) is 1. The zero-order valence-corrected chi connectivity index (χ0v) is 6.39. The molecule has 0 amide bonds. The zero-order valence-electron chi connectivity index (χ0n) is 6.39. The Morgan fingerprint density at radius 1 is 1.73 bits per heavy atom. The van der Waals surface area contributed by atoms with E-state index in [9.17, 15) is 8.78 Å². The lowest BCUT2D eigenvalue weighted by Crippen LogP contribution is -2.30. The van der Waals surface area contributed by atoms with E-state index in [1.54, 1.807) is 11.9 Å². The summed E-state index contributed by atoms with van der Waals surface area (Å²) in [5.74, 6) is 2.22. The van der Waals surface area contributed by atoms with Crippen LogP contribution < -0.4 is 5.90 Å². The summed E-state index contributed by atoms with van der Waals surface area (Å²) < 4.78 is 25.3. The Bertz CT molecular complexity index is 143. The van der Waals surface area contributed by atoms with Crippen LogP contribution in [0.4, 0.5) is 8.78 Å². The Kier molecular flexibility index (Phi) is 2.41. The molecule has 1 saturated heterocycles. The SMILES string of the molecule is CN1CC(F)(F)C[C@H]1CON. The first-order valence-electron chi connectivity index (χ1n) is 3.45. The van der Waals surface area contributed by atoms with E-state index in [0.717, 1.165) is 0 Å². The van der Waals surface area contributed by atoms with Crippen LogP contribution in [0.15, 0.2) is 0 Å². The van der Waals surface area contributed by atoms with Crippen molar-refractivity contribution in [3.8, 4) is 0 Å². The van der Waals surface area contributed by atoms with Crippen LogP contribution in [0.5, 0.6) is 0 Å². The number of rotatable bonds is 2. The van der Waals surface area contributed by atoms with Gasteiger partial charge in [0, 0.05) is 12.5 Å². The third-order valence-electron chi connectivity index (χ3n) is 1.93. The molecule has 1 atom stereocenters. The van der Waals surface area contributed by atoms with Crippen LogP contribution in [0.25, 0.3) is 0 Å². The molecule has 11 heavy (non-hydrogen) atoms. The number of halogens is 2. The number of hydrogen-bond acceptors (Lipinski definition) is 3. The van der Waals surface area contributed by atoms with Crippen molar-refractivity contribution in [2.75, 3.05) is 20.2 Å². The van der Waals surface area contributed by atoms with E-state index < -0.39 is 5.92 Å². The summed E-state index contributed by atoms with van der Waals surface area (Å²) in [6.07, 6.45) is -0.152. The Hall–Kier alpha value is -0.260. The van der Waals surface area contributed by atoms with Crippen LogP contribution in [0.3, 0.4) is 0 Å². The van der Waals surface area contributed by atoms with Gasteiger partial charge in [0.25, 0.3) is 5.92 Å². The van der Waals surface area contributed by atoms with Gasteiger partial charge >= 0.3 is 0 Å². The van der Waals surface area contributed by atoms with Crippen molar-refractivity contribution in [1.29, 1.82) is 0 Å². The number of nitrogens with two attached hydrogens (primary N) is 1. The van der Waals surface area contributed by atoms with Gasteiger partial charge in [-0.15, -0.1) is 0 Å². The molecule has 3 nitrogen and oxygen atoms in total. The van der Waals surface area contributed by atoms with Gasteiger partial charge in [-0.25, -0.2) is 14.7 Å². The number of likely N-dealkylation sites (tertiary alicyclic amines) is 1. The molecule has 0 aromatic heterocycles. The fourth-order valence-corrected chi connectivity index (χ4v) is 1.36. The molecule has 2 N–H and O–H groups in total. The lowest BCUT2D eigenvalue weighted by atomic mass is 10.2. The monoisotopic (exact) mass is 166 g/mol. The minimum atomic E-state index is -2.57. The van der Waals surface area contributed by atoms with E-state index >= 15 is 0 Å². The minimum absolute atomic E-state index is 0.152. The van der Waals surface area contributed by atoms with Crippen molar-refractivity contribution in [1.82, 2.24) is 4.90 Å². The molecular weight excluding hydrogens is 154 g/mol. The summed E-state index contributed by atoms with van der Waals surface area (Å²) in [7, 11) is 1.64. The number of hydrogen-bond donors (Lipinski definition) is 1. The molecule has 0 aliphatic carbocycles. The molecule has 1 aliphatic rings. The molecule has 0 aromatic rings. The molecule has 0 unspecified atom stereocenters. The first-order chi connectivity index (χ1) is 5.05. The molecule has 1 rings (SSSR count). The molecule has 1 heterocycles. The first-order valence-corrected chi connectivity index (χ1v) is 3.45. The molecule has 0 bridgehead atoms. The highest BCUT2D eigenvalue weighted by Crippen LogP contribution is 2.30. The maximum Gasteiger partial charge on any atom is 0.262 e. The maximum absolute atomic E-state index is 12.6. The van der Waals surface area contributed by atoms with Crippen LogP contribution in [-0.4, -0.2) is 37.1 Å². The van der Waals surface area contributed by atoms with Crippen LogP contribution in [0, 0.1) is 0 Å². The summed E-state index contributed by atoms with van der Waals surface area (Å²) in [5, 5.41) is 0. The van der Waals surface area contributed by atoms with Gasteiger partial charge in [-0.1, -0.05) is 0 Å². The van der Waals surface area contributed by atoms with Crippen LogP contribution in [0.2, 0.25) is 0 Å². The highest BCUT2D eigenvalue weighted by molar-refractivity contribution is 4.88. The molecule has 1 aliphatic heterocycles. The second kappa shape index (κ2) is 3.00. The van der Waals surface area contributed by atoms with Crippen LogP contribution in [0.1, 0.15) is 6.42 Å². The number of alkyl halides is 2. The fourth-order valence-electron chi connectivity index (χ4n) is 1.36. The summed E-state index contributed by atoms with van der Waals surface area (Å²) in [4.78, 5) is 5.88. The highest BCUT2D eigenvalue weighted by atomic mass is 19.3. The summed E-state index contributed by atoms with van der Waals surface area (Å²) in [6, 6.07) is -0.241. The topological polar surface area (TPSA) is 38.5 Å². The van der Waals surface area contributed by atoms with Gasteiger partial charge in [0.15, 0.2) is 0 Å². The van der Waals surface area contributed by atoms with E-state index in [2.05, 4.69) is 4.84 Å². The average molecular weight is 166 g/mol. The average Bonchev–Trinajstić information content (AvgIpc) is 2.07. The van der Waals surface area contributed by atoms with Crippen molar-refractivity contribution < 1.29 is 13.6 Å². The summed E-state index contributed by atoms with van der Waals surface area (Å²) >= 11 is 0. The third-order valence-corrected chi connectivity index (χ3v) is 1.93. The lowest BCUT2D eigenvalue weighted by Gasteiger charge is -2.15. The Balaban J connectivity index is 2.45. The van der Waals surface area contributed by atoms with Gasteiger partial charge in [0.2, 0.25) is 0 Å². The van der Waals surface area contributed by atoms with Gasteiger partial charge in [0.1, 0.15) is 0 Å². The predicted molar refractivity (Wildman–Crippen MR) is 36.1 cm³/mol. The minimum Gasteiger partial charge on any atom is -0.303 e. The maximum atomic E-state index is 12.6.